The zero-order chi connectivity index (χ0) is 15.2. The summed E-state index contributed by atoms with van der Waals surface area (Å²) in [4.78, 5) is 11.4. The van der Waals surface area contributed by atoms with Crippen LogP contribution in [0.25, 0.3) is 0 Å². The third-order valence-corrected chi connectivity index (χ3v) is 2.87. The maximum absolute atomic E-state index is 12.9. The molecule has 1 rings (SSSR count). The lowest BCUT2D eigenvalue weighted by Gasteiger charge is -2.19. The van der Waals surface area contributed by atoms with Crippen LogP contribution >= 0.6 is 0 Å². The molecule has 0 saturated carbocycles. The van der Waals surface area contributed by atoms with Crippen molar-refractivity contribution >= 4 is 5.91 Å². The molecular weight excluding hydrogens is 269 g/mol. The fraction of sp³-hybridized carbons (Fsp3) is 0.500. The van der Waals surface area contributed by atoms with Crippen molar-refractivity contribution in [1.82, 2.24) is 10.6 Å². The van der Waals surface area contributed by atoms with Crippen LogP contribution in [0.1, 0.15) is 37.4 Å². The Morgan fingerprint density at radius 2 is 1.95 bits per heavy atom. The van der Waals surface area contributed by atoms with Crippen molar-refractivity contribution in [1.29, 1.82) is 0 Å². The van der Waals surface area contributed by atoms with Crippen LogP contribution < -0.4 is 10.6 Å². The summed E-state index contributed by atoms with van der Waals surface area (Å²) in [5.74, 6) is -0.219. The second-order valence-corrected chi connectivity index (χ2v) is 4.54. The highest BCUT2D eigenvalue weighted by atomic mass is 19.4. The Hall–Kier alpha value is -1.56. The Labute approximate surface area is 116 Å². The highest BCUT2D eigenvalue weighted by Crippen LogP contribution is 2.34. The van der Waals surface area contributed by atoms with Gasteiger partial charge in [0.25, 0.3) is 0 Å². The molecule has 0 fully saturated rings. The van der Waals surface area contributed by atoms with E-state index in [4.69, 9.17) is 0 Å². The lowest BCUT2D eigenvalue weighted by Crippen LogP contribution is -2.35. The molecule has 112 valence electrons. The molecule has 3 nitrogen and oxygen atoms in total. The fourth-order valence-corrected chi connectivity index (χ4v) is 1.82. The van der Waals surface area contributed by atoms with Gasteiger partial charge in [-0.2, -0.15) is 13.2 Å². The first-order valence-corrected chi connectivity index (χ1v) is 6.52. The number of carbonyl (C=O) groups is 1. The highest BCUT2D eigenvalue weighted by molar-refractivity contribution is 5.78. The van der Waals surface area contributed by atoms with Gasteiger partial charge in [0.05, 0.1) is 12.1 Å². The summed E-state index contributed by atoms with van der Waals surface area (Å²) in [5.41, 5.74) is -0.530. The largest absolute Gasteiger partial charge is 0.416 e. The minimum atomic E-state index is -4.39. The minimum absolute atomic E-state index is 0.00659. The maximum Gasteiger partial charge on any atom is 0.416 e. The molecule has 0 aliphatic rings. The topological polar surface area (TPSA) is 41.1 Å². The number of alkyl halides is 3. The molecule has 0 aliphatic carbocycles. The van der Waals surface area contributed by atoms with E-state index in [0.29, 0.717) is 6.54 Å². The lowest BCUT2D eigenvalue weighted by molar-refractivity contribution is -0.138. The third-order valence-electron chi connectivity index (χ3n) is 2.87. The number of amides is 1. The maximum atomic E-state index is 12.9. The van der Waals surface area contributed by atoms with Crippen molar-refractivity contribution in [2.45, 2.75) is 32.5 Å². The van der Waals surface area contributed by atoms with Gasteiger partial charge in [0.1, 0.15) is 0 Å². The molecule has 0 radical (unpaired) electrons. The van der Waals surface area contributed by atoms with Gasteiger partial charge in [-0.15, -0.1) is 0 Å². The summed E-state index contributed by atoms with van der Waals surface area (Å²) in [6, 6.07) is 4.82. The monoisotopic (exact) mass is 288 g/mol. The van der Waals surface area contributed by atoms with Crippen molar-refractivity contribution in [2.24, 2.45) is 0 Å². The molecule has 2 N–H and O–H groups in total. The van der Waals surface area contributed by atoms with Crippen LogP contribution in [-0.2, 0) is 11.0 Å². The van der Waals surface area contributed by atoms with Gasteiger partial charge in [-0.1, -0.05) is 25.1 Å². The van der Waals surface area contributed by atoms with Gasteiger partial charge in [-0.05, 0) is 25.0 Å². The number of benzene rings is 1. The molecule has 1 amide bonds. The normalized spacial score (nSPS) is 13.1. The van der Waals surface area contributed by atoms with Crippen molar-refractivity contribution in [2.75, 3.05) is 13.1 Å². The van der Waals surface area contributed by atoms with Crippen LogP contribution in [0.5, 0.6) is 0 Å². The first kappa shape index (κ1) is 16.5. The Balaban J connectivity index is 2.69. The van der Waals surface area contributed by atoms with Crippen LogP contribution in [0, 0.1) is 0 Å². The van der Waals surface area contributed by atoms with Crippen molar-refractivity contribution in [3.63, 3.8) is 0 Å². The lowest BCUT2D eigenvalue weighted by atomic mass is 10.0. The van der Waals surface area contributed by atoms with E-state index >= 15 is 0 Å². The zero-order valence-corrected chi connectivity index (χ0v) is 11.6. The summed E-state index contributed by atoms with van der Waals surface area (Å²) < 4.78 is 38.6. The van der Waals surface area contributed by atoms with E-state index in [1.807, 2.05) is 6.92 Å². The van der Waals surface area contributed by atoms with E-state index in [0.717, 1.165) is 12.5 Å². The van der Waals surface area contributed by atoms with E-state index in [1.165, 1.54) is 12.1 Å². The number of carbonyl (C=O) groups excluding carboxylic acids is 1. The third kappa shape index (κ3) is 4.85. The predicted octanol–water partition coefficient (Wildman–Crippen LogP) is 2.88. The molecular formula is C14H19F3N2O. The second-order valence-electron chi connectivity index (χ2n) is 4.54. The number of hydrogen-bond donors (Lipinski definition) is 2. The standard InChI is InChI=1S/C14H19F3N2O/c1-3-8-18-13(20)9-19-10(2)11-6-4-5-7-12(11)14(15,16)17/h4-7,10,19H,3,8-9H2,1-2H3,(H,18,20). The van der Waals surface area contributed by atoms with Gasteiger partial charge >= 0.3 is 6.18 Å². The summed E-state index contributed by atoms with van der Waals surface area (Å²) in [6.45, 7) is 4.09. The summed E-state index contributed by atoms with van der Waals surface area (Å²) >= 11 is 0. The van der Waals surface area contributed by atoms with Gasteiger partial charge in [-0.25, -0.2) is 0 Å². The van der Waals surface area contributed by atoms with Crippen molar-refractivity contribution < 1.29 is 18.0 Å². The van der Waals surface area contributed by atoms with Crippen LogP contribution in [0.3, 0.4) is 0 Å². The molecule has 0 bridgehead atoms. The minimum Gasteiger partial charge on any atom is -0.355 e. The molecule has 1 aromatic carbocycles. The van der Waals surface area contributed by atoms with Crippen LogP contribution in [0.4, 0.5) is 13.2 Å². The summed E-state index contributed by atoms with van der Waals surface area (Å²) in [6.07, 6.45) is -3.57. The van der Waals surface area contributed by atoms with Crippen LogP contribution in [0.15, 0.2) is 24.3 Å². The van der Waals surface area contributed by atoms with E-state index in [1.54, 1.807) is 13.0 Å². The summed E-state index contributed by atoms with van der Waals surface area (Å²) in [5, 5.41) is 5.47. The fourth-order valence-electron chi connectivity index (χ4n) is 1.82. The summed E-state index contributed by atoms with van der Waals surface area (Å²) in [7, 11) is 0. The SMILES string of the molecule is CCCNC(=O)CNC(C)c1ccccc1C(F)(F)F. The molecule has 0 aromatic heterocycles. The number of halogens is 3. The quantitative estimate of drug-likeness (QED) is 0.845. The second kappa shape index (κ2) is 7.28. The average molecular weight is 288 g/mol. The zero-order valence-electron chi connectivity index (χ0n) is 11.6. The number of nitrogens with one attached hydrogen (secondary N) is 2. The molecule has 6 heteroatoms. The van der Waals surface area contributed by atoms with E-state index < -0.39 is 17.8 Å². The average Bonchev–Trinajstić information content (AvgIpc) is 2.41. The molecule has 1 atom stereocenters. The molecule has 1 aromatic rings. The van der Waals surface area contributed by atoms with Gasteiger partial charge in [0.2, 0.25) is 5.91 Å². The Kier molecular flexibility index (Phi) is 6.01. The van der Waals surface area contributed by atoms with Crippen LogP contribution in [-0.4, -0.2) is 19.0 Å². The van der Waals surface area contributed by atoms with Crippen molar-refractivity contribution in [3.8, 4) is 0 Å². The Morgan fingerprint density at radius 1 is 1.30 bits per heavy atom. The van der Waals surface area contributed by atoms with E-state index in [9.17, 15) is 18.0 Å². The molecule has 20 heavy (non-hydrogen) atoms. The molecule has 0 aliphatic heterocycles. The molecule has 0 saturated heterocycles. The van der Waals surface area contributed by atoms with E-state index in [2.05, 4.69) is 10.6 Å². The van der Waals surface area contributed by atoms with Gasteiger partial charge in [-0.3, -0.25) is 4.79 Å². The van der Waals surface area contributed by atoms with Crippen LogP contribution in [0.2, 0.25) is 0 Å². The molecule has 1 unspecified atom stereocenters. The smallest absolute Gasteiger partial charge is 0.355 e. The first-order chi connectivity index (χ1) is 9.36. The highest BCUT2D eigenvalue weighted by Gasteiger charge is 2.34. The van der Waals surface area contributed by atoms with Gasteiger partial charge in [0, 0.05) is 12.6 Å². The Bertz CT molecular complexity index is 446. The van der Waals surface area contributed by atoms with Gasteiger partial charge in [0.15, 0.2) is 0 Å². The van der Waals surface area contributed by atoms with Gasteiger partial charge < -0.3 is 10.6 Å². The molecule has 0 heterocycles. The predicted molar refractivity (Wildman–Crippen MR) is 71.2 cm³/mol. The van der Waals surface area contributed by atoms with E-state index in [-0.39, 0.29) is 18.0 Å². The first-order valence-electron chi connectivity index (χ1n) is 6.52. The van der Waals surface area contributed by atoms with Crippen molar-refractivity contribution in [3.05, 3.63) is 35.4 Å². The number of rotatable bonds is 6. The Morgan fingerprint density at radius 3 is 2.55 bits per heavy atom. The number of hydrogen-bond acceptors (Lipinski definition) is 2. The molecule has 0 spiro atoms.